The van der Waals surface area contributed by atoms with Crippen molar-refractivity contribution in [2.45, 2.75) is 89.2 Å². The van der Waals surface area contributed by atoms with Crippen molar-refractivity contribution >= 4 is 12.2 Å². The highest BCUT2D eigenvalue weighted by molar-refractivity contribution is 5.69. The first-order valence-electron chi connectivity index (χ1n) is 14.4. The van der Waals surface area contributed by atoms with Crippen LogP contribution in [0.3, 0.4) is 0 Å². The van der Waals surface area contributed by atoms with E-state index in [9.17, 15) is 0 Å². The third-order valence-electron chi connectivity index (χ3n) is 7.46. The van der Waals surface area contributed by atoms with Gasteiger partial charge in [0.25, 0.3) is 0 Å². The van der Waals surface area contributed by atoms with Gasteiger partial charge in [-0.25, -0.2) is 0 Å². The monoisotopic (exact) mass is 522 g/mol. The lowest BCUT2D eigenvalue weighted by molar-refractivity contribution is -0.276. The maximum atomic E-state index is 6.46. The quantitative estimate of drug-likeness (QED) is 0.162. The first kappa shape index (κ1) is 27.4. The molecular formula is C32H42O6. The summed E-state index contributed by atoms with van der Waals surface area (Å²) in [7, 11) is 0. The van der Waals surface area contributed by atoms with Crippen molar-refractivity contribution in [1.29, 1.82) is 0 Å². The highest BCUT2D eigenvalue weighted by atomic mass is 16.8. The van der Waals surface area contributed by atoms with Crippen LogP contribution in [0.2, 0.25) is 0 Å². The number of rotatable bonds is 13. The van der Waals surface area contributed by atoms with Gasteiger partial charge in [-0.3, -0.25) is 0 Å². The van der Waals surface area contributed by atoms with Crippen LogP contribution in [0.25, 0.3) is 12.2 Å². The fraction of sp³-hybridized carbons (Fsp3) is 0.562. The standard InChI is InChI=1S/C32H42O6/c1-2-3-4-6-20-33-27-17-13-25(14-18-27)10-9-24-11-15-26(16-12-24)32(38-30-8-5-7-21-34-30)37-29-23-36-28-19-22-35-31(28)29/h9-18,28-32H,2-8,19-23H2,1H3/t28?,29-,30?,31?,32?/m0/s1. The van der Waals surface area contributed by atoms with Crippen LogP contribution < -0.4 is 4.74 Å². The summed E-state index contributed by atoms with van der Waals surface area (Å²) < 4.78 is 36.3. The molecule has 0 aliphatic carbocycles. The van der Waals surface area contributed by atoms with Crippen LogP contribution in [-0.4, -0.2) is 51.0 Å². The van der Waals surface area contributed by atoms with Crippen LogP contribution in [-0.2, 0) is 23.7 Å². The molecule has 3 aliphatic rings. The summed E-state index contributed by atoms with van der Waals surface area (Å²) in [6.07, 6.45) is 12.3. The lowest BCUT2D eigenvalue weighted by Gasteiger charge is -2.30. The second kappa shape index (κ2) is 14.2. The zero-order chi connectivity index (χ0) is 26.0. The van der Waals surface area contributed by atoms with Crippen molar-refractivity contribution in [3.8, 4) is 5.75 Å². The normalized spacial score (nSPS) is 26.0. The van der Waals surface area contributed by atoms with Crippen molar-refractivity contribution in [3.63, 3.8) is 0 Å². The minimum absolute atomic E-state index is 0.0200. The highest BCUT2D eigenvalue weighted by Crippen LogP contribution is 2.34. The maximum Gasteiger partial charge on any atom is 0.187 e. The van der Waals surface area contributed by atoms with Crippen LogP contribution in [0.4, 0.5) is 0 Å². The van der Waals surface area contributed by atoms with Gasteiger partial charge in [0.05, 0.1) is 19.3 Å². The van der Waals surface area contributed by atoms with Gasteiger partial charge in [-0.2, -0.15) is 0 Å². The summed E-state index contributed by atoms with van der Waals surface area (Å²) in [6.45, 7) is 4.99. The van der Waals surface area contributed by atoms with E-state index in [0.717, 1.165) is 74.4 Å². The van der Waals surface area contributed by atoms with Gasteiger partial charge in [0.2, 0.25) is 0 Å². The number of ether oxygens (including phenoxy) is 6. The van der Waals surface area contributed by atoms with Gasteiger partial charge in [0.15, 0.2) is 12.6 Å². The van der Waals surface area contributed by atoms with E-state index in [0.29, 0.717) is 6.61 Å². The molecule has 38 heavy (non-hydrogen) atoms. The Labute approximate surface area is 227 Å². The summed E-state index contributed by atoms with van der Waals surface area (Å²) in [5.74, 6) is 0.929. The van der Waals surface area contributed by atoms with Crippen molar-refractivity contribution < 1.29 is 28.4 Å². The fourth-order valence-corrected chi connectivity index (χ4v) is 5.20. The molecule has 2 aromatic rings. The van der Waals surface area contributed by atoms with E-state index >= 15 is 0 Å². The predicted molar refractivity (Wildman–Crippen MR) is 148 cm³/mol. The molecule has 2 aromatic carbocycles. The molecule has 0 aromatic heterocycles. The number of benzene rings is 2. The number of unbranched alkanes of at least 4 members (excludes halogenated alkanes) is 3. The summed E-state index contributed by atoms with van der Waals surface area (Å²) in [4.78, 5) is 0. The lowest BCUT2D eigenvalue weighted by Crippen LogP contribution is -2.34. The zero-order valence-electron chi connectivity index (χ0n) is 22.6. The first-order valence-corrected chi connectivity index (χ1v) is 14.4. The van der Waals surface area contributed by atoms with Crippen molar-refractivity contribution in [1.82, 2.24) is 0 Å². The predicted octanol–water partition coefficient (Wildman–Crippen LogP) is 6.93. The van der Waals surface area contributed by atoms with Gasteiger partial charge in [-0.15, -0.1) is 0 Å². The van der Waals surface area contributed by atoms with Gasteiger partial charge in [0.1, 0.15) is 18.0 Å². The van der Waals surface area contributed by atoms with Crippen LogP contribution in [0.5, 0.6) is 5.75 Å². The second-order valence-electron chi connectivity index (χ2n) is 10.4. The third kappa shape index (κ3) is 7.67. The Bertz CT molecular complexity index is 982. The van der Waals surface area contributed by atoms with E-state index < -0.39 is 6.29 Å². The van der Waals surface area contributed by atoms with E-state index in [1.807, 2.05) is 12.1 Å². The van der Waals surface area contributed by atoms with Gasteiger partial charge in [-0.1, -0.05) is 74.7 Å². The van der Waals surface area contributed by atoms with Crippen molar-refractivity contribution in [2.24, 2.45) is 0 Å². The molecule has 3 fully saturated rings. The lowest BCUT2D eigenvalue weighted by atomic mass is 10.1. The molecule has 6 heteroatoms. The third-order valence-corrected chi connectivity index (χ3v) is 7.46. The number of hydrogen-bond donors (Lipinski definition) is 0. The molecule has 0 amide bonds. The first-order chi connectivity index (χ1) is 18.8. The van der Waals surface area contributed by atoms with Crippen LogP contribution >= 0.6 is 0 Å². The molecule has 0 saturated carbocycles. The Morgan fingerprint density at radius 3 is 2.34 bits per heavy atom. The minimum atomic E-state index is -0.526. The Kier molecular flexibility index (Phi) is 10.3. The Morgan fingerprint density at radius 1 is 0.816 bits per heavy atom. The van der Waals surface area contributed by atoms with E-state index in [2.05, 4.69) is 55.5 Å². The van der Waals surface area contributed by atoms with Gasteiger partial charge in [-0.05, 0) is 55.4 Å². The van der Waals surface area contributed by atoms with Crippen LogP contribution in [0, 0.1) is 0 Å². The van der Waals surface area contributed by atoms with Gasteiger partial charge >= 0.3 is 0 Å². The molecule has 0 radical (unpaired) electrons. The molecule has 5 rings (SSSR count). The smallest absolute Gasteiger partial charge is 0.187 e. The van der Waals surface area contributed by atoms with E-state index in [-0.39, 0.29) is 24.6 Å². The zero-order valence-corrected chi connectivity index (χ0v) is 22.6. The molecule has 3 saturated heterocycles. The molecule has 3 aliphatic heterocycles. The van der Waals surface area contributed by atoms with E-state index in [1.165, 1.54) is 19.3 Å². The molecule has 6 nitrogen and oxygen atoms in total. The van der Waals surface area contributed by atoms with Crippen molar-refractivity contribution in [3.05, 3.63) is 65.2 Å². The largest absolute Gasteiger partial charge is 0.494 e. The second-order valence-corrected chi connectivity index (χ2v) is 10.4. The average molecular weight is 523 g/mol. The van der Waals surface area contributed by atoms with Crippen molar-refractivity contribution in [2.75, 3.05) is 26.4 Å². The van der Waals surface area contributed by atoms with Gasteiger partial charge in [0, 0.05) is 18.8 Å². The Balaban J connectivity index is 1.18. The minimum Gasteiger partial charge on any atom is -0.494 e. The Hall–Kier alpha value is -2.22. The number of fused-ring (bicyclic) bond motifs is 1. The molecule has 206 valence electrons. The maximum absolute atomic E-state index is 6.46. The highest BCUT2D eigenvalue weighted by Gasteiger charge is 2.44. The molecule has 0 spiro atoms. The molecule has 4 unspecified atom stereocenters. The van der Waals surface area contributed by atoms with Crippen LogP contribution in [0.15, 0.2) is 48.5 Å². The molecule has 5 atom stereocenters. The SMILES string of the molecule is CCCCCCOc1ccc(C=Cc2ccc(C(OC3CCCCO3)O[C@H]3COC4CCOC43)cc2)cc1. The summed E-state index contributed by atoms with van der Waals surface area (Å²) in [5.41, 5.74) is 3.22. The summed E-state index contributed by atoms with van der Waals surface area (Å²) >= 11 is 0. The summed E-state index contributed by atoms with van der Waals surface area (Å²) in [6, 6.07) is 16.6. The average Bonchev–Trinajstić information content (AvgIpc) is 3.58. The molecule has 0 bridgehead atoms. The molecule has 3 heterocycles. The fourth-order valence-electron chi connectivity index (χ4n) is 5.20. The molecular weight excluding hydrogens is 480 g/mol. The van der Waals surface area contributed by atoms with E-state index in [1.54, 1.807) is 0 Å². The topological polar surface area (TPSA) is 55.4 Å². The number of hydrogen-bond acceptors (Lipinski definition) is 6. The van der Waals surface area contributed by atoms with Gasteiger partial charge < -0.3 is 28.4 Å². The Morgan fingerprint density at radius 2 is 1.61 bits per heavy atom. The molecule has 0 N–H and O–H groups in total. The van der Waals surface area contributed by atoms with Crippen LogP contribution in [0.1, 0.15) is 81.3 Å². The van der Waals surface area contributed by atoms with E-state index in [4.69, 9.17) is 28.4 Å². The summed E-state index contributed by atoms with van der Waals surface area (Å²) in [5, 5.41) is 0.